The minimum absolute atomic E-state index is 0.0311. The third kappa shape index (κ3) is 19.3. The molecule has 0 spiro atoms. The van der Waals surface area contributed by atoms with Crippen molar-refractivity contribution in [3.63, 3.8) is 0 Å². The van der Waals surface area contributed by atoms with E-state index in [1.54, 1.807) is 63.5 Å². The molecule has 0 radical (unpaired) electrons. The minimum atomic E-state index is -0.735. The van der Waals surface area contributed by atoms with Crippen LogP contribution in [0.5, 0.6) is 0 Å². The summed E-state index contributed by atoms with van der Waals surface area (Å²) >= 11 is 0. The Balaban J connectivity index is 0.000000160. The number of anilines is 9. The van der Waals surface area contributed by atoms with E-state index >= 15 is 0 Å². The van der Waals surface area contributed by atoms with Crippen molar-refractivity contribution in [1.82, 2.24) is 90.3 Å². The molecule has 107 heavy (non-hydrogen) atoms. The van der Waals surface area contributed by atoms with E-state index in [9.17, 15) is 28.8 Å². The van der Waals surface area contributed by atoms with Gasteiger partial charge in [0.1, 0.15) is 5.82 Å². The first-order chi connectivity index (χ1) is 51.5. The van der Waals surface area contributed by atoms with Crippen LogP contribution in [0.2, 0.25) is 0 Å². The van der Waals surface area contributed by atoms with E-state index < -0.39 is 17.7 Å². The second-order valence-corrected chi connectivity index (χ2v) is 27.8. The van der Waals surface area contributed by atoms with Crippen LogP contribution < -0.4 is 58.5 Å². The Morgan fingerprint density at radius 3 is 1.38 bits per heavy atom. The number of rotatable bonds is 25. The average molecular weight is 1460 g/mol. The van der Waals surface area contributed by atoms with Gasteiger partial charge in [0.05, 0.1) is 53.0 Å². The van der Waals surface area contributed by atoms with Crippen LogP contribution in [-0.4, -0.2) is 165 Å². The fraction of sp³-hybridized carbons (Fsp3) is 0.446. The lowest BCUT2D eigenvalue weighted by molar-refractivity contribution is 0.0916. The molecule has 1 aromatic carbocycles. The summed E-state index contributed by atoms with van der Waals surface area (Å²) in [5, 5.41) is 44.7. The third-order valence-corrected chi connectivity index (χ3v) is 19.5. The predicted octanol–water partition coefficient (Wildman–Crippen LogP) is 8.37. The summed E-state index contributed by atoms with van der Waals surface area (Å²) in [4.78, 5) is 108. The monoisotopic (exact) mass is 1460 g/mol. The number of pyridine rings is 2. The van der Waals surface area contributed by atoms with Crippen molar-refractivity contribution in [1.29, 1.82) is 0 Å². The zero-order chi connectivity index (χ0) is 76.0. The summed E-state index contributed by atoms with van der Waals surface area (Å²) in [5.74, 6) is 1.27. The number of nitrogens with two attached hydrogens (primary N) is 3. The maximum absolute atomic E-state index is 12.9. The SMILES string of the molecule is CCn1cc(Nc2nc(N3CCCC(CC(=O)c4ccc(C5CC5)cc4)C3)nnc2C(N)=O)cn1.CCn1cc(Nc2nc(N3CCC[C@@H](NC(=O)c4ccc(C(C)C)nc4)[C@H]3C)cnc2C(N)=O)cn1.CCn1cc(Nc2nc(N3CCC[C@@H](NC(=O)c4ccc(C(C)C)nc4)[C@H]3C)nnc2C(N)=O)cn1. The van der Waals surface area contributed by atoms with Gasteiger partial charge >= 0.3 is 0 Å². The molecule has 8 aromatic heterocycles. The Kier molecular flexibility index (Phi) is 24.8. The number of hydrogen-bond acceptors (Lipinski definition) is 25. The van der Waals surface area contributed by atoms with Gasteiger partial charge in [0.15, 0.2) is 40.3 Å². The summed E-state index contributed by atoms with van der Waals surface area (Å²) < 4.78 is 5.26. The highest BCUT2D eigenvalue weighted by atomic mass is 16.2. The smallest absolute Gasteiger partial charge is 0.273 e. The molecule has 1 aliphatic carbocycles. The lowest BCUT2D eigenvalue weighted by Gasteiger charge is -2.40. The van der Waals surface area contributed by atoms with Crippen LogP contribution in [0.3, 0.4) is 0 Å². The molecule has 562 valence electrons. The van der Waals surface area contributed by atoms with Crippen LogP contribution >= 0.6 is 0 Å². The minimum Gasteiger partial charge on any atom is -0.364 e. The molecule has 3 saturated heterocycles. The molecular weight excluding hydrogens is 1360 g/mol. The highest BCUT2D eigenvalue weighted by molar-refractivity contribution is 5.99. The van der Waals surface area contributed by atoms with Crippen LogP contribution in [0.15, 0.2) is 104 Å². The third-order valence-electron chi connectivity index (χ3n) is 19.5. The molecule has 11 N–H and O–H groups in total. The standard InChI is InChI=1S/C25H33N9O2.C25H30N8O2.C24H32N10O2/c1-5-33-14-18(12-29-33)30-24-22(23(26)35)28-13-21(32-24)34-10-6-7-20(16(34)4)31-25(36)17-8-9-19(15(2)3)27-11-17;1-2-33-15-20(13-27-33)28-24-22(23(26)35)30-31-25(29-24)32-11-3-4-16(14-32)12-21(34)19-9-7-18(8-10-19)17-5-6-17;1-5-33-13-17(12-27-33)28-22-20(21(25)35)31-32-24(30-22)34-10-6-7-19(15(34)4)29-23(36)16-8-9-18(14(2)3)26-11-16/h8-9,11-16,20H,5-7,10H2,1-4H3,(H2,26,35)(H,30,32)(H,31,36);7-10,13,15-17H,2-6,11-12,14H2,1H3,(H2,26,35)(H,28,29,31);8-9,11-15,19H,5-7,10H2,1-4H3,(H2,25,35)(H,29,36)(H,28,30,32)/t16-,20-;;15-,19-/m1.1/s1. The number of nitrogens with one attached hydrogen (secondary N) is 5. The van der Waals surface area contributed by atoms with Crippen molar-refractivity contribution < 1.29 is 28.8 Å². The molecule has 33 heteroatoms. The highest BCUT2D eigenvalue weighted by Gasteiger charge is 2.35. The van der Waals surface area contributed by atoms with Crippen LogP contribution in [0.1, 0.15) is 217 Å². The Labute approximate surface area is 620 Å². The second-order valence-electron chi connectivity index (χ2n) is 27.8. The summed E-state index contributed by atoms with van der Waals surface area (Å²) in [6.07, 6.45) is 23.4. The maximum Gasteiger partial charge on any atom is 0.273 e. The lowest BCUT2D eigenvalue weighted by atomic mass is 9.90. The quantitative estimate of drug-likeness (QED) is 0.0249. The van der Waals surface area contributed by atoms with E-state index in [1.807, 2.05) is 87.1 Å². The van der Waals surface area contributed by atoms with Gasteiger partial charge < -0.3 is 58.5 Å². The molecule has 1 unspecified atom stereocenters. The van der Waals surface area contributed by atoms with Crippen molar-refractivity contribution in [2.24, 2.45) is 23.1 Å². The van der Waals surface area contributed by atoms with Crippen LogP contribution in [-0.2, 0) is 19.6 Å². The largest absolute Gasteiger partial charge is 0.364 e. The van der Waals surface area contributed by atoms with Gasteiger partial charge in [0.25, 0.3) is 29.5 Å². The normalized spacial score (nSPS) is 17.8. The van der Waals surface area contributed by atoms with Crippen LogP contribution in [0.25, 0.3) is 0 Å². The number of carbonyl (C=O) groups excluding carboxylic acids is 6. The summed E-state index contributed by atoms with van der Waals surface area (Å²) in [6, 6.07) is 15.1. The first kappa shape index (κ1) is 76.2. The summed E-state index contributed by atoms with van der Waals surface area (Å²) in [6.45, 7) is 23.2. The Morgan fingerprint density at radius 2 is 0.935 bits per heavy atom. The Hall–Kier alpha value is -11.9. The van der Waals surface area contributed by atoms with Crippen molar-refractivity contribution >= 4 is 87.5 Å². The highest BCUT2D eigenvalue weighted by Crippen LogP contribution is 2.40. The molecule has 9 aromatic rings. The van der Waals surface area contributed by atoms with E-state index in [1.165, 1.54) is 18.4 Å². The van der Waals surface area contributed by atoms with E-state index in [2.05, 4.69) is 137 Å². The average Bonchev–Trinajstić information content (AvgIpc) is 1.58. The molecule has 13 rings (SSSR count). The van der Waals surface area contributed by atoms with E-state index in [0.717, 1.165) is 75.1 Å². The van der Waals surface area contributed by atoms with Gasteiger partial charge in [-0.2, -0.15) is 25.3 Å². The Bertz CT molecular complexity index is 4380. The number of primary amides is 3. The Morgan fingerprint density at radius 1 is 0.486 bits per heavy atom. The zero-order valence-electron chi connectivity index (χ0n) is 61.9. The van der Waals surface area contributed by atoms with Crippen LogP contribution in [0.4, 0.5) is 52.2 Å². The van der Waals surface area contributed by atoms with Gasteiger partial charge in [-0.3, -0.25) is 52.8 Å². The number of amides is 5. The molecule has 4 fully saturated rings. The number of aromatic nitrogens is 16. The summed E-state index contributed by atoms with van der Waals surface area (Å²) in [7, 11) is 0. The molecule has 11 heterocycles. The van der Waals surface area contributed by atoms with Gasteiger partial charge in [0.2, 0.25) is 11.9 Å². The van der Waals surface area contributed by atoms with Crippen molar-refractivity contribution in [2.45, 2.75) is 182 Å². The molecule has 4 aliphatic rings. The van der Waals surface area contributed by atoms with Crippen molar-refractivity contribution in [3.8, 4) is 0 Å². The first-order valence-electron chi connectivity index (χ1n) is 36.6. The fourth-order valence-electron chi connectivity index (χ4n) is 13.1. The maximum atomic E-state index is 12.9. The van der Waals surface area contributed by atoms with Gasteiger partial charge in [-0.05, 0) is 139 Å². The van der Waals surface area contributed by atoms with Gasteiger partial charge in [-0.15, -0.1) is 20.4 Å². The zero-order valence-corrected chi connectivity index (χ0v) is 61.9. The molecule has 5 amide bonds. The number of nitrogens with zero attached hydrogens (tertiary/aromatic N) is 19. The number of aryl methyl sites for hydroxylation is 3. The van der Waals surface area contributed by atoms with Crippen LogP contribution in [0, 0.1) is 5.92 Å². The lowest BCUT2D eigenvalue weighted by Crippen LogP contribution is -2.54. The van der Waals surface area contributed by atoms with Gasteiger partial charge in [-0.25, -0.2) is 9.97 Å². The number of benzene rings is 1. The number of hydrogen-bond donors (Lipinski definition) is 8. The predicted molar refractivity (Wildman–Crippen MR) is 404 cm³/mol. The van der Waals surface area contributed by atoms with E-state index in [-0.39, 0.29) is 82.2 Å². The second kappa shape index (κ2) is 34.8. The van der Waals surface area contributed by atoms with E-state index in [4.69, 9.17) is 17.2 Å². The van der Waals surface area contributed by atoms with Crippen molar-refractivity contribution in [2.75, 3.05) is 56.8 Å². The number of ketones is 1. The topological polar surface area (TPSA) is 433 Å². The number of carbonyl (C=O) groups is 6. The first-order valence-corrected chi connectivity index (χ1v) is 36.6. The summed E-state index contributed by atoms with van der Waals surface area (Å²) in [5.41, 5.74) is 23.6. The molecular formula is C74H95N27O6. The molecule has 1 saturated carbocycles. The molecule has 5 atom stereocenters. The van der Waals surface area contributed by atoms with Gasteiger partial charge in [-0.1, -0.05) is 52.0 Å². The molecule has 33 nitrogen and oxygen atoms in total. The van der Waals surface area contributed by atoms with Gasteiger partial charge in [0, 0.05) is 124 Å². The van der Waals surface area contributed by atoms with Crippen molar-refractivity contribution in [3.05, 3.63) is 155 Å². The number of piperidine rings is 3. The van der Waals surface area contributed by atoms with E-state index in [0.29, 0.717) is 96.3 Å². The molecule has 3 aliphatic heterocycles. The number of Topliss-reactive ketones (excluding diaryl/α,β-unsaturated/α-hetero) is 1. The molecule has 0 bridgehead atoms. The fourth-order valence-corrected chi connectivity index (χ4v) is 13.1.